The van der Waals surface area contributed by atoms with Crippen LogP contribution in [0.15, 0.2) is 23.1 Å². The highest BCUT2D eigenvalue weighted by Crippen LogP contribution is 2.35. The van der Waals surface area contributed by atoms with Crippen molar-refractivity contribution in [2.75, 3.05) is 5.75 Å². The minimum absolute atomic E-state index is 0.420. The lowest BCUT2D eigenvalue weighted by Gasteiger charge is -2.27. The Balaban J connectivity index is 1.96. The van der Waals surface area contributed by atoms with Gasteiger partial charge < -0.3 is 5.32 Å². The van der Waals surface area contributed by atoms with E-state index in [1.807, 2.05) is 0 Å². The summed E-state index contributed by atoms with van der Waals surface area (Å²) in [5.41, 5.74) is 2.65. The first-order valence-electron chi connectivity index (χ1n) is 6.93. The fourth-order valence-electron chi connectivity index (χ4n) is 2.60. The number of rotatable bonds is 3. The van der Waals surface area contributed by atoms with E-state index in [9.17, 15) is 4.21 Å². The molecule has 0 spiro atoms. The van der Waals surface area contributed by atoms with Crippen LogP contribution in [0, 0.1) is 0 Å². The third kappa shape index (κ3) is 2.39. The molecule has 1 aromatic carbocycles. The molecule has 1 aromatic rings. The first-order valence-corrected chi connectivity index (χ1v) is 8.25. The normalized spacial score (nSPS) is 27.3. The largest absolute Gasteiger partial charge is 0.307 e. The van der Waals surface area contributed by atoms with Crippen molar-refractivity contribution in [3.8, 4) is 0 Å². The quantitative estimate of drug-likeness (QED) is 0.908. The summed E-state index contributed by atoms with van der Waals surface area (Å²) in [6, 6.07) is 7.63. The van der Waals surface area contributed by atoms with Gasteiger partial charge in [0.2, 0.25) is 0 Å². The molecule has 98 valence electrons. The molecule has 1 saturated carbocycles. The summed E-state index contributed by atoms with van der Waals surface area (Å²) in [6.07, 6.45) is 3.62. The van der Waals surface area contributed by atoms with Crippen LogP contribution in [0.2, 0.25) is 0 Å². The molecule has 0 aromatic heterocycles. The number of hydrogen-bond donors (Lipinski definition) is 1. The highest BCUT2D eigenvalue weighted by molar-refractivity contribution is 7.85. The molecular weight excluding hydrogens is 242 g/mol. The standard InChI is InChI=1S/C15H21NOS/c1-10(2)11-3-6-15-13(9-11)14(7-8-18(15)17)16-12-4-5-12/h3,6,9-10,12,14,16H,4-5,7-8H2,1-2H3. The molecule has 0 radical (unpaired) electrons. The van der Waals surface area contributed by atoms with Gasteiger partial charge in [-0.3, -0.25) is 4.21 Å². The second-order valence-corrected chi connectivity index (χ2v) is 7.32. The number of benzene rings is 1. The lowest BCUT2D eigenvalue weighted by atomic mass is 9.96. The maximum absolute atomic E-state index is 12.1. The average Bonchev–Trinajstić information content (AvgIpc) is 3.16. The molecule has 2 unspecified atom stereocenters. The monoisotopic (exact) mass is 263 g/mol. The van der Waals surface area contributed by atoms with Gasteiger partial charge in [0.25, 0.3) is 0 Å². The highest BCUT2D eigenvalue weighted by Gasteiger charge is 2.30. The van der Waals surface area contributed by atoms with E-state index in [0.717, 1.165) is 17.1 Å². The molecule has 2 nitrogen and oxygen atoms in total. The van der Waals surface area contributed by atoms with Crippen molar-refractivity contribution in [3.05, 3.63) is 29.3 Å². The summed E-state index contributed by atoms with van der Waals surface area (Å²) in [4.78, 5) is 1.06. The average molecular weight is 263 g/mol. The van der Waals surface area contributed by atoms with E-state index in [1.165, 1.54) is 24.0 Å². The van der Waals surface area contributed by atoms with Crippen molar-refractivity contribution in [1.29, 1.82) is 0 Å². The molecule has 1 aliphatic heterocycles. The Bertz CT molecular complexity index is 479. The van der Waals surface area contributed by atoms with Crippen molar-refractivity contribution >= 4 is 10.8 Å². The molecule has 0 bridgehead atoms. The predicted octanol–water partition coefficient (Wildman–Crippen LogP) is 3.11. The Morgan fingerprint density at radius 2 is 2.06 bits per heavy atom. The van der Waals surface area contributed by atoms with Gasteiger partial charge in [0, 0.05) is 22.7 Å². The molecule has 3 rings (SSSR count). The van der Waals surface area contributed by atoms with Crippen molar-refractivity contribution in [2.24, 2.45) is 0 Å². The molecule has 2 aliphatic rings. The van der Waals surface area contributed by atoms with E-state index < -0.39 is 10.8 Å². The number of fused-ring (bicyclic) bond motifs is 1. The third-order valence-electron chi connectivity index (χ3n) is 3.93. The topological polar surface area (TPSA) is 29.1 Å². The second-order valence-electron chi connectivity index (χ2n) is 5.78. The molecule has 2 atom stereocenters. The van der Waals surface area contributed by atoms with Gasteiger partial charge in [-0.25, -0.2) is 0 Å². The van der Waals surface area contributed by atoms with E-state index >= 15 is 0 Å². The van der Waals surface area contributed by atoms with E-state index in [-0.39, 0.29) is 0 Å². The van der Waals surface area contributed by atoms with E-state index in [0.29, 0.717) is 18.0 Å². The van der Waals surface area contributed by atoms with E-state index in [4.69, 9.17) is 0 Å². The smallest absolute Gasteiger partial charge is 0.0533 e. The highest BCUT2D eigenvalue weighted by atomic mass is 32.2. The van der Waals surface area contributed by atoms with Crippen molar-refractivity contribution in [2.45, 2.75) is 56.0 Å². The van der Waals surface area contributed by atoms with Gasteiger partial charge >= 0.3 is 0 Å². The van der Waals surface area contributed by atoms with Crippen LogP contribution in [0.5, 0.6) is 0 Å². The van der Waals surface area contributed by atoms with Crippen LogP contribution in [-0.2, 0) is 10.8 Å². The zero-order chi connectivity index (χ0) is 12.7. The summed E-state index contributed by atoms with van der Waals surface area (Å²) in [7, 11) is -0.792. The zero-order valence-electron chi connectivity index (χ0n) is 11.1. The molecular formula is C15H21NOS. The van der Waals surface area contributed by atoms with Crippen molar-refractivity contribution < 1.29 is 4.21 Å². The Morgan fingerprint density at radius 1 is 1.28 bits per heavy atom. The number of hydrogen-bond acceptors (Lipinski definition) is 2. The molecule has 1 heterocycles. The first-order chi connectivity index (χ1) is 8.65. The van der Waals surface area contributed by atoms with Gasteiger partial charge in [0.1, 0.15) is 0 Å². The Hall–Kier alpha value is -0.670. The zero-order valence-corrected chi connectivity index (χ0v) is 11.9. The van der Waals surface area contributed by atoms with Gasteiger partial charge in [0.05, 0.1) is 10.8 Å². The van der Waals surface area contributed by atoms with Crippen LogP contribution in [-0.4, -0.2) is 16.0 Å². The fourth-order valence-corrected chi connectivity index (χ4v) is 3.96. The van der Waals surface area contributed by atoms with Crippen LogP contribution in [0.4, 0.5) is 0 Å². The van der Waals surface area contributed by atoms with Gasteiger partial charge in [-0.1, -0.05) is 26.0 Å². The van der Waals surface area contributed by atoms with Crippen molar-refractivity contribution in [3.63, 3.8) is 0 Å². The molecule has 0 amide bonds. The Morgan fingerprint density at radius 3 is 2.72 bits per heavy atom. The third-order valence-corrected chi connectivity index (χ3v) is 5.40. The van der Waals surface area contributed by atoms with Crippen LogP contribution in [0.3, 0.4) is 0 Å². The minimum Gasteiger partial charge on any atom is -0.307 e. The summed E-state index contributed by atoms with van der Waals surface area (Å²) in [5, 5.41) is 3.70. The maximum Gasteiger partial charge on any atom is 0.0533 e. The number of nitrogens with one attached hydrogen (secondary N) is 1. The van der Waals surface area contributed by atoms with E-state index in [1.54, 1.807) is 0 Å². The lowest BCUT2D eigenvalue weighted by molar-refractivity contribution is 0.501. The van der Waals surface area contributed by atoms with Gasteiger partial charge in [-0.15, -0.1) is 0 Å². The molecule has 3 heteroatoms. The van der Waals surface area contributed by atoms with Crippen molar-refractivity contribution in [1.82, 2.24) is 5.32 Å². The van der Waals surface area contributed by atoms with Crippen LogP contribution < -0.4 is 5.32 Å². The SMILES string of the molecule is CC(C)c1ccc2c(c1)C(NC1CC1)CCS2=O. The minimum atomic E-state index is -0.792. The maximum atomic E-state index is 12.1. The fraction of sp³-hybridized carbons (Fsp3) is 0.600. The predicted molar refractivity (Wildman–Crippen MR) is 75.3 cm³/mol. The molecule has 18 heavy (non-hydrogen) atoms. The Labute approximate surface area is 112 Å². The van der Waals surface area contributed by atoms with E-state index in [2.05, 4.69) is 37.4 Å². The summed E-state index contributed by atoms with van der Waals surface area (Å²) < 4.78 is 12.1. The summed E-state index contributed by atoms with van der Waals surface area (Å²) >= 11 is 0. The lowest BCUT2D eigenvalue weighted by Crippen LogP contribution is -2.29. The summed E-state index contributed by atoms with van der Waals surface area (Å²) in [5.74, 6) is 1.34. The second kappa shape index (κ2) is 4.78. The first kappa shape index (κ1) is 12.4. The van der Waals surface area contributed by atoms with Crippen LogP contribution in [0.25, 0.3) is 0 Å². The van der Waals surface area contributed by atoms with Gasteiger partial charge in [-0.2, -0.15) is 0 Å². The molecule has 1 fully saturated rings. The molecule has 1 N–H and O–H groups in total. The van der Waals surface area contributed by atoms with Crippen LogP contribution in [0.1, 0.15) is 56.2 Å². The summed E-state index contributed by atoms with van der Waals surface area (Å²) in [6.45, 7) is 4.43. The molecule has 0 saturated heterocycles. The van der Waals surface area contributed by atoms with Gasteiger partial charge in [-0.05, 0) is 42.4 Å². The van der Waals surface area contributed by atoms with Gasteiger partial charge in [0.15, 0.2) is 0 Å². The molecule has 1 aliphatic carbocycles. The van der Waals surface area contributed by atoms with Crippen LogP contribution >= 0.6 is 0 Å². The Kier molecular flexibility index (Phi) is 3.29.